The van der Waals surface area contributed by atoms with Gasteiger partial charge in [0.15, 0.2) is 0 Å². The number of halogens is 1. The Morgan fingerprint density at radius 1 is 0.944 bits per heavy atom. The predicted molar refractivity (Wildman–Crippen MR) is 139 cm³/mol. The number of hydrogen-bond donors (Lipinski definition) is 3. The van der Waals surface area contributed by atoms with E-state index in [9.17, 15) is 22.8 Å². The van der Waals surface area contributed by atoms with Crippen LogP contribution in [0.25, 0.3) is 10.9 Å². The normalized spacial score (nSPS) is 11.2. The quantitative estimate of drug-likeness (QED) is 0.324. The molecule has 12 heteroatoms. The van der Waals surface area contributed by atoms with E-state index >= 15 is 0 Å². The van der Waals surface area contributed by atoms with Crippen molar-refractivity contribution in [1.29, 1.82) is 0 Å². The van der Waals surface area contributed by atoms with E-state index in [0.717, 1.165) is 4.47 Å². The molecule has 0 radical (unpaired) electrons. The minimum Gasteiger partial charge on any atom is -0.325 e. The van der Waals surface area contributed by atoms with E-state index in [1.165, 1.54) is 28.8 Å². The topological polar surface area (TPSA) is 139 Å². The number of fused-ring (bicyclic) bond motifs is 1. The van der Waals surface area contributed by atoms with Crippen LogP contribution in [0.15, 0.2) is 87.0 Å². The Kier molecular flexibility index (Phi) is 7.17. The molecule has 0 aliphatic carbocycles. The minimum atomic E-state index is -4.14. The number of aryl methyl sites for hydroxylation is 1. The summed E-state index contributed by atoms with van der Waals surface area (Å²) in [7, 11) is -4.14. The molecular formula is C24H20BrN5O5S. The van der Waals surface area contributed by atoms with Crippen molar-refractivity contribution in [2.45, 2.75) is 18.4 Å². The molecular weight excluding hydrogens is 550 g/mol. The van der Waals surface area contributed by atoms with E-state index in [-0.39, 0.29) is 17.0 Å². The van der Waals surface area contributed by atoms with Gasteiger partial charge in [0.1, 0.15) is 12.4 Å². The Balaban J connectivity index is 1.43. The number of nitrogens with one attached hydrogen (secondary N) is 3. The van der Waals surface area contributed by atoms with Crippen molar-refractivity contribution in [3.05, 3.63) is 93.4 Å². The molecule has 1 aromatic heterocycles. The van der Waals surface area contributed by atoms with Crippen molar-refractivity contribution in [2.75, 3.05) is 10.6 Å². The number of sulfonamides is 1. The van der Waals surface area contributed by atoms with Gasteiger partial charge in [-0.2, -0.15) is 0 Å². The van der Waals surface area contributed by atoms with Crippen LogP contribution in [-0.4, -0.2) is 29.9 Å². The Morgan fingerprint density at radius 2 is 1.61 bits per heavy atom. The minimum absolute atomic E-state index is 0.167. The van der Waals surface area contributed by atoms with E-state index < -0.39 is 22.0 Å². The number of carbonyl (C=O) groups excluding carboxylic acids is 2. The molecule has 0 aliphatic rings. The third-order valence-corrected chi connectivity index (χ3v) is 6.96. The predicted octanol–water partition coefficient (Wildman–Crippen LogP) is 3.62. The van der Waals surface area contributed by atoms with Gasteiger partial charge in [-0.3, -0.25) is 14.2 Å². The van der Waals surface area contributed by atoms with Gasteiger partial charge in [-0.05, 0) is 61.5 Å². The average Bonchev–Trinajstić information content (AvgIpc) is 2.83. The first-order valence-corrected chi connectivity index (χ1v) is 12.9. The van der Waals surface area contributed by atoms with Crippen LogP contribution in [0.1, 0.15) is 5.82 Å². The third-order valence-electron chi connectivity index (χ3n) is 5.12. The zero-order valence-electron chi connectivity index (χ0n) is 18.9. The van der Waals surface area contributed by atoms with Crippen molar-refractivity contribution in [1.82, 2.24) is 14.3 Å². The van der Waals surface area contributed by atoms with Gasteiger partial charge in [0.2, 0.25) is 5.91 Å². The highest BCUT2D eigenvalue weighted by Crippen LogP contribution is 2.17. The number of nitrogens with zero attached hydrogens (tertiary/aromatic N) is 2. The van der Waals surface area contributed by atoms with Crippen LogP contribution in [-0.2, 0) is 21.4 Å². The Morgan fingerprint density at radius 3 is 2.31 bits per heavy atom. The number of carbonyl (C=O) groups is 2. The van der Waals surface area contributed by atoms with E-state index in [1.54, 1.807) is 55.5 Å². The number of urea groups is 1. The van der Waals surface area contributed by atoms with E-state index in [1.807, 2.05) is 4.72 Å². The number of benzene rings is 3. The lowest BCUT2D eigenvalue weighted by atomic mass is 10.2. The standard InChI is InChI=1S/C24H20BrN5O5S/c1-15-26-21-12-7-16(25)13-20(21)23(32)30(15)14-22(31)27-18-8-10-19(11-9-18)36(34,35)29-24(33)28-17-5-3-2-4-6-17/h2-13H,14H2,1H3,(H,27,31)(H2,28,29,33). The second-order valence-electron chi connectivity index (χ2n) is 7.71. The van der Waals surface area contributed by atoms with Gasteiger partial charge < -0.3 is 10.6 Å². The highest BCUT2D eigenvalue weighted by molar-refractivity contribution is 9.10. The second-order valence-corrected chi connectivity index (χ2v) is 10.3. The highest BCUT2D eigenvalue weighted by Gasteiger charge is 2.18. The number of para-hydroxylation sites is 1. The molecule has 0 unspecified atom stereocenters. The summed E-state index contributed by atoms with van der Waals surface area (Å²) < 4.78 is 28.9. The molecule has 0 aliphatic heterocycles. The van der Waals surface area contributed by atoms with Gasteiger partial charge >= 0.3 is 6.03 Å². The fourth-order valence-electron chi connectivity index (χ4n) is 3.41. The molecule has 0 fully saturated rings. The van der Waals surface area contributed by atoms with Gasteiger partial charge in [-0.15, -0.1) is 0 Å². The van der Waals surface area contributed by atoms with Crippen LogP contribution in [0.2, 0.25) is 0 Å². The summed E-state index contributed by atoms with van der Waals surface area (Å²) in [4.78, 5) is 41.7. The van der Waals surface area contributed by atoms with Crippen LogP contribution in [0.4, 0.5) is 16.2 Å². The van der Waals surface area contributed by atoms with Gasteiger partial charge in [0.05, 0.1) is 15.8 Å². The molecule has 0 bridgehead atoms. The monoisotopic (exact) mass is 569 g/mol. The SMILES string of the molecule is Cc1nc2ccc(Br)cc2c(=O)n1CC(=O)Nc1ccc(S(=O)(=O)NC(=O)Nc2ccccc2)cc1. The number of aromatic nitrogens is 2. The summed E-state index contributed by atoms with van der Waals surface area (Å²) >= 11 is 3.33. The summed E-state index contributed by atoms with van der Waals surface area (Å²) in [5.74, 6) is -0.112. The first kappa shape index (κ1) is 25.1. The van der Waals surface area contributed by atoms with Crippen molar-refractivity contribution >= 4 is 60.2 Å². The largest absolute Gasteiger partial charge is 0.333 e. The Labute approximate surface area is 214 Å². The lowest BCUT2D eigenvalue weighted by Gasteiger charge is -2.12. The molecule has 3 amide bonds. The van der Waals surface area contributed by atoms with Gasteiger partial charge in [-0.1, -0.05) is 34.1 Å². The van der Waals surface area contributed by atoms with Gasteiger partial charge in [-0.25, -0.2) is 22.9 Å². The molecule has 36 heavy (non-hydrogen) atoms. The molecule has 0 spiro atoms. The molecule has 3 N–H and O–H groups in total. The van der Waals surface area contributed by atoms with Crippen LogP contribution >= 0.6 is 15.9 Å². The maximum absolute atomic E-state index is 12.9. The van der Waals surface area contributed by atoms with E-state index in [0.29, 0.717) is 28.1 Å². The summed E-state index contributed by atoms with van der Waals surface area (Å²) in [6.45, 7) is 1.36. The van der Waals surface area contributed by atoms with Crippen LogP contribution < -0.4 is 20.9 Å². The lowest BCUT2D eigenvalue weighted by molar-refractivity contribution is -0.116. The van der Waals surface area contributed by atoms with Crippen LogP contribution in [0.3, 0.4) is 0 Å². The number of amides is 3. The molecule has 4 aromatic rings. The lowest BCUT2D eigenvalue weighted by Crippen LogP contribution is -2.34. The van der Waals surface area contributed by atoms with Crippen molar-refractivity contribution in [3.63, 3.8) is 0 Å². The number of rotatable bonds is 6. The maximum atomic E-state index is 12.9. The summed E-state index contributed by atoms with van der Waals surface area (Å²) in [6, 6.07) is 17.9. The van der Waals surface area contributed by atoms with Gasteiger partial charge in [0, 0.05) is 15.8 Å². The molecule has 1 heterocycles. The molecule has 0 saturated heterocycles. The maximum Gasteiger partial charge on any atom is 0.333 e. The first-order chi connectivity index (χ1) is 17.1. The van der Waals surface area contributed by atoms with Crippen LogP contribution in [0.5, 0.6) is 0 Å². The highest BCUT2D eigenvalue weighted by atomic mass is 79.9. The van der Waals surface area contributed by atoms with E-state index in [4.69, 9.17) is 0 Å². The fourth-order valence-corrected chi connectivity index (χ4v) is 4.68. The fraction of sp³-hybridized carbons (Fsp3) is 0.0833. The van der Waals surface area contributed by atoms with Gasteiger partial charge in [0.25, 0.3) is 15.6 Å². The summed E-state index contributed by atoms with van der Waals surface area (Å²) in [5, 5.41) is 5.43. The molecule has 184 valence electrons. The Hall–Kier alpha value is -4.03. The van der Waals surface area contributed by atoms with Crippen molar-refractivity contribution < 1.29 is 18.0 Å². The Bertz CT molecular complexity index is 1620. The van der Waals surface area contributed by atoms with Crippen LogP contribution in [0, 0.1) is 6.92 Å². The number of hydrogen-bond acceptors (Lipinski definition) is 6. The van der Waals surface area contributed by atoms with E-state index in [2.05, 4.69) is 31.5 Å². The molecule has 3 aromatic carbocycles. The smallest absolute Gasteiger partial charge is 0.325 e. The summed E-state index contributed by atoms with van der Waals surface area (Å²) in [6.07, 6.45) is 0. The van der Waals surface area contributed by atoms with Crippen molar-refractivity contribution in [3.8, 4) is 0 Å². The summed E-state index contributed by atoms with van der Waals surface area (Å²) in [5.41, 5.74) is 0.928. The zero-order chi connectivity index (χ0) is 25.9. The second kappa shape index (κ2) is 10.3. The van der Waals surface area contributed by atoms with Crippen molar-refractivity contribution in [2.24, 2.45) is 0 Å². The molecule has 0 atom stereocenters. The molecule has 10 nitrogen and oxygen atoms in total. The molecule has 4 rings (SSSR count). The first-order valence-electron chi connectivity index (χ1n) is 10.6. The third kappa shape index (κ3) is 5.78. The number of anilines is 2. The average molecular weight is 570 g/mol. The molecule has 0 saturated carbocycles. The zero-order valence-corrected chi connectivity index (χ0v) is 21.3.